The monoisotopic (exact) mass is 406 g/mol. The van der Waals surface area contributed by atoms with E-state index in [-0.39, 0.29) is 0 Å². The first kappa shape index (κ1) is 21.6. The Morgan fingerprint density at radius 3 is 2.67 bits per heavy atom. The molecule has 0 radical (unpaired) electrons. The third-order valence-corrected chi connectivity index (χ3v) is 4.70. The number of aliphatic imine (C=N–C) groups is 1. The van der Waals surface area contributed by atoms with Crippen molar-refractivity contribution in [3.8, 4) is 5.75 Å². The highest BCUT2D eigenvalue weighted by molar-refractivity contribution is 5.83. The Kier molecular flexibility index (Phi) is 8.47. The maximum atomic E-state index is 5.42. The Labute approximate surface area is 178 Å². The second-order valence-corrected chi connectivity index (χ2v) is 6.84. The van der Waals surface area contributed by atoms with Crippen LogP contribution in [0.1, 0.15) is 24.5 Å². The summed E-state index contributed by atoms with van der Waals surface area (Å²) in [6, 6.07) is 18.2. The molecule has 2 aromatic carbocycles. The van der Waals surface area contributed by atoms with E-state index in [9.17, 15) is 0 Å². The van der Waals surface area contributed by atoms with Crippen LogP contribution < -0.4 is 15.4 Å². The number of para-hydroxylation sites is 1. The lowest BCUT2D eigenvalue weighted by Crippen LogP contribution is -2.37. The number of aromatic nitrogens is 1. The zero-order valence-corrected chi connectivity index (χ0v) is 17.7. The number of nitrogens with zero attached hydrogens (tertiary/aromatic N) is 2. The molecule has 3 aromatic rings. The minimum absolute atomic E-state index is 0.582. The van der Waals surface area contributed by atoms with E-state index >= 15 is 0 Å². The van der Waals surface area contributed by atoms with Crippen LogP contribution in [0.15, 0.2) is 65.8 Å². The lowest BCUT2D eigenvalue weighted by Gasteiger charge is -2.14. The fraction of sp³-hybridized carbons (Fsp3) is 0.333. The molecule has 0 saturated carbocycles. The van der Waals surface area contributed by atoms with Crippen LogP contribution in [0.25, 0.3) is 10.9 Å². The zero-order chi connectivity index (χ0) is 21.0. The average molecular weight is 407 g/mol. The lowest BCUT2D eigenvalue weighted by molar-refractivity contribution is 0.145. The van der Waals surface area contributed by atoms with Crippen molar-refractivity contribution in [2.45, 2.75) is 26.4 Å². The maximum Gasteiger partial charge on any atom is 0.191 e. The van der Waals surface area contributed by atoms with Crippen molar-refractivity contribution in [3.05, 3.63) is 71.9 Å². The number of guanidine groups is 1. The molecule has 1 aromatic heterocycles. The van der Waals surface area contributed by atoms with Gasteiger partial charge in [0.15, 0.2) is 5.96 Å². The van der Waals surface area contributed by atoms with Crippen LogP contribution in [0.5, 0.6) is 5.75 Å². The van der Waals surface area contributed by atoms with Gasteiger partial charge < -0.3 is 20.1 Å². The molecule has 30 heavy (non-hydrogen) atoms. The highest BCUT2D eigenvalue weighted by Gasteiger charge is 2.04. The number of fused-ring (bicyclic) bond motifs is 1. The molecule has 3 rings (SSSR count). The van der Waals surface area contributed by atoms with Gasteiger partial charge in [0.05, 0.1) is 19.2 Å². The second kappa shape index (κ2) is 11.8. The summed E-state index contributed by atoms with van der Waals surface area (Å²) in [5, 5.41) is 7.99. The summed E-state index contributed by atoms with van der Waals surface area (Å²) in [4.78, 5) is 9.29. The Bertz CT molecular complexity index is 936. The highest BCUT2D eigenvalue weighted by Crippen LogP contribution is 2.15. The van der Waals surface area contributed by atoms with Crippen LogP contribution >= 0.6 is 0 Å². The minimum Gasteiger partial charge on any atom is -0.497 e. The molecule has 1 heterocycles. The average Bonchev–Trinajstić information content (AvgIpc) is 2.80. The fourth-order valence-corrected chi connectivity index (χ4v) is 3.09. The van der Waals surface area contributed by atoms with Crippen molar-refractivity contribution in [2.24, 2.45) is 4.99 Å². The number of benzene rings is 2. The van der Waals surface area contributed by atoms with Gasteiger partial charge in [-0.25, -0.2) is 4.99 Å². The van der Waals surface area contributed by atoms with Gasteiger partial charge in [-0.1, -0.05) is 36.4 Å². The largest absolute Gasteiger partial charge is 0.497 e. The fourth-order valence-electron chi connectivity index (χ4n) is 3.09. The number of hydrogen-bond donors (Lipinski definition) is 2. The predicted octanol–water partition coefficient (Wildman–Crippen LogP) is 3.91. The number of pyridine rings is 1. The maximum absolute atomic E-state index is 5.42. The molecule has 0 aliphatic heterocycles. The van der Waals surface area contributed by atoms with Gasteiger partial charge in [0.2, 0.25) is 0 Å². The molecule has 0 saturated heterocycles. The Balaban J connectivity index is 1.66. The number of nitrogens with one attached hydrogen (secondary N) is 2. The standard InChI is InChI=1S/C24H30N4O2/c1-3-30-16-6-15-26-24(27-17-19-10-12-22(29-2)13-11-19)28-18-21-8-4-7-20-9-5-14-25-23(20)21/h4-5,7-14H,3,6,15-18H2,1-2H3,(H2,26,27,28). The Morgan fingerprint density at radius 2 is 1.87 bits per heavy atom. The van der Waals surface area contributed by atoms with E-state index in [0.29, 0.717) is 13.1 Å². The first-order valence-electron chi connectivity index (χ1n) is 10.4. The van der Waals surface area contributed by atoms with Gasteiger partial charge in [0.25, 0.3) is 0 Å². The molecular weight excluding hydrogens is 376 g/mol. The molecule has 0 spiro atoms. The predicted molar refractivity (Wildman–Crippen MR) is 122 cm³/mol. The van der Waals surface area contributed by atoms with Crippen LogP contribution in [0, 0.1) is 0 Å². The summed E-state index contributed by atoms with van der Waals surface area (Å²) >= 11 is 0. The molecule has 0 fully saturated rings. The van der Waals surface area contributed by atoms with E-state index in [1.54, 1.807) is 7.11 Å². The molecule has 2 N–H and O–H groups in total. The van der Waals surface area contributed by atoms with Crippen molar-refractivity contribution >= 4 is 16.9 Å². The van der Waals surface area contributed by atoms with Crippen LogP contribution in [0.4, 0.5) is 0 Å². The molecule has 158 valence electrons. The van der Waals surface area contributed by atoms with E-state index in [1.165, 1.54) is 0 Å². The van der Waals surface area contributed by atoms with Crippen molar-refractivity contribution in [2.75, 3.05) is 26.9 Å². The zero-order valence-electron chi connectivity index (χ0n) is 17.7. The smallest absolute Gasteiger partial charge is 0.191 e. The molecule has 0 amide bonds. The van der Waals surface area contributed by atoms with Crippen LogP contribution in [0.3, 0.4) is 0 Å². The summed E-state index contributed by atoms with van der Waals surface area (Å²) in [7, 11) is 1.67. The number of hydrogen-bond acceptors (Lipinski definition) is 4. The van der Waals surface area contributed by atoms with Gasteiger partial charge in [-0.3, -0.25) is 4.98 Å². The van der Waals surface area contributed by atoms with Gasteiger partial charge in [-0.05, 0) is 42.7 Å². The SMILES string of the molecule is CCOCCCNC(=NCc1ccc(OC)cc1)NCc1cccc2cccnc12. The lowest BCUT2D eigenvalue weighted by atomic mass is 10.1. The van der Waals surface area contributed by atoms with Crippen molar-refractivity contribution < 1.29 is 9.47 Å². The van der Waals surface area contributed by atoms with Gasteiger partial charge >= 0.3 is 0 Å². The molecule has 0 aliphatic carbocycles. The molecule has 0 aliphatic rings. The van der Waals surface area contributed by atoms with E-state index in [0.717, 1.165) is 59.9 Å². The molecular formula is C24H30N4O2. The minimum atomic E-state index is 0.582. The van der Waals surface area contributed by atoms with Gasteiger partial charge in [0.1, 0.15) is 5.75 Å². The highest BCUT2D eigenvalue weighted by atomic mass is 16.5. The van der Waals surface area contributed by atoms with Crippen molar-refractivity contribution in [1.29, 1.82) is 0 Å². The van der Waals surface area contributed by atoms with Crippen LogP contribution in [-0.4, -0.2) is 37.8 Å². The first-order chi connectivity index (χ1) is 14.8. The number of rotatable bonds is 10. The van der Waals surface area contributed by atoms with E-state index in [4.69, 9.17) is 14.5 Å². The van der Waals surface area contributed by atoms with Crippen molar-refractivity contribution in [3.63, 3.8) is 0 Å². The summed E-state index contributed by atoms with van der Waals surface area (Å²) in [5.74, 6) is 1.62. The van der Waals surface area contributed by atoms with E-state index in [1.807, 2.05) is 43.5 Å². The third kappa shape index (κ3) is 6.46. The van der Waals surface area contributed by atoms with Gasteiger partial charge in [-0.15, -0.1) is 0 Å². The Morgan fingerprint density at radius 1 is 1.03 bits per heavy atom. The van der Waals surface area contributed by atoms with Crippen LogP contribution in [-0.2, 0) is 17.8 Å². The van der Waals surface area contributed by atoms with E-state index < -0.39 is 0 Å². The number of methoxy groups -OCH3 is 1. The Hall–Kier alpha value is -3.12. The van der Waals surface area contributed by atoms with E-state index in [2.05, 4.69) is 39.9 Å². The molecule has 6 heteroatoms. The molecule has 6 nitrogen and oxygen atoms in total. The summed E-state index contributed by atoms with van der Waals surface area (Å²) in [6.45, 7) is 5.51. The van der Waals surface area contributed by atoms with Gasteiger partial charge in [-0.2, -0.15) is 0 Å². The second-order valence-electron chi connectivity index (χ2n) is 6.84. The molecule has 0 unspecified atom stereocenters. The topological polar surface area (TPSA) is 67.8 Å². The summed E-state index contributed by atoms with van der Waals surface area (Å²) < 4.78 is 10.6. The quantitative estimate of drug-likeness (QED) is 0.304. The summed E-state index contributed by atoms with van der Waals surface area (Å²) in [6.07, 6.45) is 2.75. The molecule has 0 atom stereocenters. The summed E-state index contributed by atoms with van der Waals surface area (Å²) in [5.41, 5.74) is 3.28. The van der Waals surface area contributed by atoms with Crippen molar-refractivity contribution in [1.82, 2.24) is 15.6 Å². The van der Waals surface area contributed by atoms with Crippen LogP contribution in [0.2, 0.25) is 0 Å². The third-order valence-electron chi connectivity index (χ3n) is 4.70. The normalized spacial score (nSPS) is 11.5. The number of ether oxygens (including phenoxy) is 2. The first-order valence-corrected chi connectivity index (χ1v) is 10.4. The van der Waals surface area contributed by atoms with Gasteiger partial charge in [0, 0.05) is 37.9 Å². The molecule has 0 bridgehead atoms.